The number of nitrogens with two attached hydrogens (primary N) is 1. The van der Waals surface area contributed by atoms with Crippen LogP contribution >= 0.6 is 12.4 Å². The second-order valence-electron chi connectivity index (χ2n) is 6.84. The van der Waals surface area contributed by atoms with Crippen molar-refractivity contribution in [2.45, 2.75) is 39.3 Å². The van der Waals surface area contributed by atoms with Crippen molar-refractivity contribution in [2.75, 3.05) is 13.1 Å². The lowest BCUT2D eigenvalue weighted by molar-refractivity contribution is -0.134. The molecular weight excluding hydrogens is 345 g/mol. The first-order valence-corrected chi connectivity index (χ1v) is 8.39. The van der Waals surface area contributed by atoms with E-state index >= 15 is 0 Å². The first-order chi connectivity index (χ1) is 11.3. The molecule has 0 spiro atoms. The fraction of sp³-hybridized carbons (Fsp3) is 0.556. The van der Waals surface area contributed by atoms with Crippen LogP contribution in [0.3, 0.4) is 0 Å². The van der Waals surface area contributed by atoms with Crippen LogP contribution in [0, 0.1) is 17.7 Å². The lowest BCUT2D eigenvalue weighted by atomic mass is 9.95. The van der Waals surface area contributed by atoms with E-state index in [0.29, 0.717) is 6.54 Å². The number of likely N-dealkylation sites (tertiary alicyclic amines) is 1. The summed E-state index contributed by atoms with van der Waals surface area (Å²) in [5.74, 6) is -0.558. The van der Waals surface area contributed by atoms with Crippen LogP contribution in [0.2, 0.25) is 0 Å². The number of nitrogens with zero attached hydrogens (tertiary/aromatic N) is 1. The predicted octanol–water partition coefficient (Wildman–Crippen LogP) is 2.26. The number of halogens is 2. The quantitative estimate of drug-likeness (QED) is 0.833. The van der Waals surface area contributed by atoms with Crippen LogP contribution in [-0.2, 0) is 9.59 Å². The molecule has 1 heterocycles. The van der Waals surface area contributed by atoms with Crippen LogP contribution in [0.25, 0.3) is 0 Å². The number of benzene rings is 1. The fourth-order valence-corrected chi connectivity index (χ4v) is 3.11. The highest BCUT2D eigenvalue weighted by Crippen LogP contribution is 2.37. The van der Waals surface area contributed by atoms with Gasteiger partial charge in [0.15, 0.2) is 0 Å². The van der Waals surface area contributed by atoms with Gasteiger partial charge in [0.25, 0.3) is 0 Å². The number of nitrogens with one attached hydrogen (secondary N) is 1. The van der Waals surface area contributed by atoms with Gasteiger partial charge in [0.05, 0.1) is 18.6 Å². The van der Waals surface area contributed by atoms with Gasteiger partial charge in [-0.2, -0.15) is 0 Å². The highest BCUT2D eigenvalue weighted by atomic mass is 35.5. The molecule has 1 aromatic carbocycles. The summed E-state index contributed by atoms with van der Waals surface area (Å²) in [5, 5.41) is 2.61. The predicted molar refractivity (Wildman–Crippen MR) is 97.7 cm³/mol. The summed E-state index contributed by atoms with van der Waals surface area (Å²) in [4.78, 5) is 26.2. The Morgan fingerprint density at radius 3 is 2.68 bits per heavy atom. The van der Waals surface area contributed by atoms with E-state index in [-0.39, 0.29) is 54.5 Å². The van der Waals surface area contributed by atoms with Gasteiger partial charge >= 0.3 is 0 Å². The SMILES string of the molecule is CC1CCN(C(=O)CNC(=O)[C@@H](N)C(C)C)C1c1cccc(F)c1.Cl. The number of hydrogen-bond acceptors (Lipinski definition) is 3. The van der Waals surface area contributed by atoms with Crippen molar-refractivity contribution in [1.29, 1.82) is 0 Å². The number of rotatable bonds is 5. The van der Waals surface area contributed by atoms with E-state index in [1.54, 1.807) is 11.0 Å². The Bertz CT molecular complexity index is 612. The Balaban J connectivity index is 0.00000312. The zero-order valence-electron chi connectivity index (χ0n) is 14.9. The first-order valence-electron chi connectivity index (χ1n) is 8.39. The maximum Gasteiger partial charge on any atom is 0.242 e. The maximum absolute atomic E-state index is 13.5. The number of hydrogen-bond donors (Lipinski definition) is 2. The summed E-state index contributed by atoms with van der Waals surface area (Å²) in [5.41, 5.74) is 6.57. The van der Waals surface area contributed by atoms with E-state index in [1.165, 1.54) is 12.1 Å². The van der Waals surface area contributed by atoms with Crippen molar-refractivity contribution in [1.82, 2.24) is 10.2 Å². The molecule has 140 valence electrons. The minimum atomic E-state index is -0.630. The molecule has 1 aliphatic heterocycles. The summed E-state index contributed by atoms with van der Waals surface area (Å²) in [6.45, 7) is 6.28. The van der Waals surface area contributed by atoms with Crippen LogP contribution in [0.1, 0.15) is 38.8 Å². The molecule has 0 aliphatic carbocycles. The van der Waals surface area contributed by atoms with E-state index in [1.807, 2.05) is 19.9 Å². The molecule has 5 nitrogen and oxygen atoms in total. The minimum Gasteiger partial charge on any atom is -0.346 e. The first kappa shape index (κ1) is 21.4. The molecule has 7 heteroatoms. The highest BCUT2D eigenvalue weighted by molar-refractivity contribution is 5.87. The van der Waals surface area contributed by atoms with Crippen LogP contribution in [0.15, 0.2) is 24.3 Å². The molecule has 3 N–H and O–H groups in total. The molecule has 1 saturated heterocycles. The standard InChI is InChI=1S/C18H26FN3O2.ClH/c1-11(2)16(20)18(24)21-10-15(23)22-8-7-12(3)17(22)13-5-4-6-14(19)9-13;/h4-6,9,11-12,16-17H,7-8,10,20H2,1-3H3,(H,21,24);1H/t12?,16-,17?;/m0./s1. The summed E-state index contributed by atoms with van der Waals surface area (Å²) >= 11 is 0. The average Bonchev–Trinajstić information content (AvgIpc) is 2.93. The Morgan fingerprint density at radius 2 is 2.08 bits per heavy atom. The lowest BCUT2D eigenvalue weighted by Gasteiger charge is -2.28. The third kappa shape index (κ3) is 5.16. The van der Waals surface area contributed by atoms with Gasteiger partial charge in [-0.25, -0.2) is 4.39 Å². The minimum absolute atomic E-state index is 0. The van der Waals surface area contributed by atoms with Crippen LogP contribution in [-0.4, -0.2) is 35.8 Å². The molecule has 1 fully saturated rings. The Kier molecular flexibility index (Phi) is 7.83. The van der Waals surface area contributed by atoms with Crippen molar-refractivity contribution in [3.05, 3.63) is 35.6 Å². The Morgan fingerprint density at radius 1 is 1.40 bits per heavy atom. The highest BCUT2D eigenvalue weighted by Gasteiger charge is 2.35. The summed E-state index contributed by atoms with van der Waals surface area (Å²) in [6.07, 6.45) is 0.854. The number of amides is 2. The molecule has 0 aromatic heterocycles. The van der Waals surface area contributed by atoms with Crippen molar-refractivity contribution >= 4 is 24.2 Å². The van der Waals surface area contributed by atoms with Crippen molar-refractivity contribution in [3.63, 3.8) is 0 Å². The van der Waals surface area contributed by atoms with Gasteiger partial charge in [0.1, 0.15) is 5.82 Å². The Labute approximate surface area is 154 Å². The van der Waals surface area contributed by atoms with Gasteiger partial charge in [-0.15, -0.1) is 12.4 Å². The summed E-state index contributed by atoms with van der Waals surface area (Å²) in [6, 6.07) is 5.56. The third-order valence-electron chi connectivity index (χ3n) is 4.65. The van der Waals surface area contributed by atoms with Crippen molar-refractivity contribution < 1.29 is 14.0 Å². The fourth-order valence-electron chi connectivity index (χ4n) is 3.11. The second-order valence-corrected chi connectivity index (χ2v) is 6.84. The molecule has 0 radical (unpaired) electrons. The largest absolute Gasteiger partial charge is 0.346 e. The molecule has 2 unspecified atom stereocenters. The molecule has 0 saturated carbocycles. The summed E-state index contributed by atoms with van der Waals surface area (Å²) < 4.78 is 13.5. The smallest absolute Gasteiger partial charge is 0.242 e. The molecule has 0 bridgehead atoms. The van der Waals surface area contributed by atoms with Gasteiger partial charge in [-0.3, -0.25) is 9.59 Å². The van der Waals surface area contributed by atoms with E-state index in [0.717, 1.165) is 12.0 Å². The number of carbonyl (C=O) groups is 2. The van der Waals surface area contributed by atoms with Crippen LogP contribution in [0.5, 0.6) is 0 Å². The van der Waals surface area contributed by atoms with E-state index in [9.17, 15) is 14.0 Å². The van der Waals surface area contributed by atoms with Crippen molar-refractivity contribution in [3.8, 4) is 0 Å². The van der Waals surface area contributed by atoms with E-state index < -0.39 is 6.04 Å². The molecule has 25 heavy (non-hydrogen) atoms. The molecule has 2 amide bonds. The van der Waals surface area contributed by atoms with Gasteiger partial charge in [-0.1, -0.05) is 32.9 Å². The monoisotopic (exact) mass is 371 g/mol. The molecule has 2 rings (SSSR count). The lowest BCUT2D eigenvalue weighted by Crippen LogP contribution is -2.48. The average molecular weight is 372 g/mol. The third-order valence-corrected chi connectivity index (χ3v) is 4.65. The Hall–Kier alpha value is -1.66. The van der Waals surface area contributed by atoms with Crippen LogP contribution < -0.4 is 11.1 Å². The molecule has 3 atom stereocenters. The van der Waals surface area contributed by atoms with Gasteiger partial charge < -0.3 is 16.0 Å². The van der Waals surface area contributed by atoms with E-state index in [4.69, 9.17) is 5.73 Å². The zero-order chi connectivity index (χ0) is 17.9. The van der Waals surface area contributed by atoms with Crippen molar-refractivity contribution in [2.24, 2.45) is 17.6 Å². The van der Waals surface area contributed by atoms with Gasteiger partial charge in [-0.05, 0) is 36.0 Å². The molecule has 1 aliphatic rings. The van der Waals surface area contributed by atoms with E-state index in [2.05, 4.69) is 12.2 Å². The zero-order valence-corrected chi connectivity index (χ0v) is 15.7. The van der Waals surface area contributed by atoms with Gasteiger partial charge in [0, 0.05) is 6.54 Å². The second kappa shape index (κ2) is 9.15. The summed E-state index contributed by atoms with van der Waals surface area (Å²) in [7, 11) is 0. The van der Waals surface area contributed by atoms with Gasteiger partial charge in [0.2, 0.25) is 11.8 Å². The molecule has 1 aromatic rings. The molecular formula is C18H27ClFN3O2. The number of carbonyl (C=O) groups excluding carboxylic acids is 2. The maximum atomic E-state index is 13.5. The van der Waals surface area contributed by atoms with Crippen LogP contribution in [0.4, 0.5) is 4.39 Å². The topological polar surface area (TPSA) is 75.4 Å². The normalized spacial score (nSPS) is 21.0.